The topological polar surface area (TPSA) is 52.0 Å². The van der Waals surface area contributed by atoms with E-state index in [9.17, 15) is 0 Å². The SMILES string of the molecule is Nc1noc(-c2cc(Cl)ccc2I)c1-c1ccc(Cl)cc1. The van der Waals surface area contributed by atoms with E-state index in [0.29, 0.717) is 21.6 Å². The molecule has 0 fully saturated rings. The van der Waals surface area contributed by atoms with Crippen molar-refractivity contribution in [3.63, 3.8) is 0 Å². The third-order valence-electron chi connectivity index (χ3n) is 3.02. The first-order chi connectivity index (χ1) is 10.1. The normalized spacial score (nSPS) is 10.8. The third-order valence-corrected chi connectivity index (χ3v) is 4.45. The van der Waals surface area contributed by atoms with E-state index >= 15 is 0 Å². The molecule has 0 spiro atoms. The summed E-state index contributed by atoms with van der Waals surface area (Å²) < 4.78 is 6.43. The maximum atomic E-state index is 6.08. The highest BCUT2D eigenvalue weighted by molar-refractivity contribution is 14.1. The van der Waals surface area contributed by atoms with Gasteiger partial charge in [0.25, 0.3) is 0 Å². The van der Waals surface area contributed by atoms with Crippen LogP contribution in [0, 0.1) is 3.57 Å². The van der Waals surface area contributed by atoms with E-state index in [4.69, 9.17) is 33.5 Å². The van der Waals surface area contributed by atoms with Crippen molar-refractivity contribution in [1.82, 2.24) is 5.16 Å². The van der Waals surface area contributed by atoms with Crippen molar-refractivity contribution in [3.05, 3.63) is 56.1 Å². The van der Waals surface area contributed by atoms with Crippen LogP contribution in [0.4, 0.5) is 5.82 Å². The van der Waals surface area contributed by atoms with Gasteiger partial charge in [0.2, 0.25) is 0 Å². The molecule has 6 heteroatoms. The molecular weight excluding hydrogens is 422 g/mol. The van der Waals surface area contributed by atoms with E-state index in [2.05, 4.69) is 27.7 Å². The minimum Gasteiger partial charge on any atom is -0.380 e. The molecule has 2 aromatic carbocycles. The fourth-order valence-electron chi connectivity index (χ4n) is 2.05. The Morgan fingerprint density at radius 2 is 1.67 bits per heavy atom. The number of hydrogen-bond donors (Lipinski definition) is 1. The van der Waals surface area contributed by atoms with E-state index in [1.54, 1.807) is 12.1 Å². The molecule has 1 heterocycles. The molecule has 2 N–H and O–H groups in total. The zero-order valence-corrected chi connectivity index (χ0v) is 14.3. The average molecular weight is 431 g/mol. The molecule has 0 unspecified atom stereocenters. The van der Waals surface area contributed by atoms with E-state index in [-0.39, 0.29) is 0 Å². The molecule has 0 saturated heterocycles. The number of halogens is 3. The second-order valence-electron chi connectivity index (χ2n) is 4.40. The van der Waals surface area contributed by atoms with Gasteiger partial charge in [0.1, 0.15) is 0 Å². The van der Waals surface area contributed by atoms with Gasteiger partial charge in [-0.25, -0.2) is 0 Å². The number of nitrogens with zero attached hydrogens (tertiary/aromatic N) is 1. The van der Waals surface area contributed by atoms with Gasteiger partial charge in [-0.1, -0.05) is 40.5 Å². The summed E-state index contributed by atoms with van der Waals surface area (Å²) in [7, 11) is 0. The predicted octanol–water partition coefficient (Wildman–Crippen LogP) is 5.50. The van der Waals surface area contributed by atoms with E-state index < -0.39 is 0 Å². The Hall–Kier alpha value is -1.24. The van der Waals surface area contributed by atoms with Crippen LogP contribution in [0.5, 0.6) is 0 Å². The maximum Gasteiger partial charge on any atom is 0.178 e. The standard InChI is InChI=1S/C15H9Cl2IN2O/c16-9-3-1-8(2-4-9)13-14(21-20-15(13)19)11-7-10(17)5-6-12(11)18/h1-7H,(H2,19,20). The number of hydrogen-bond acceptors (Lipinski definition) is 3. The number of anilines is 1. The van der Waals surface area contributed by atoms with Crippen molar-refractivity contribution in [2.75, 3.05) is 5.73 Å². The predicted molar refractivity (Wildman–Crippen MR) is 94.5 cm³/mol. The quantitative estimate of drug-likeness (QED) is 0.546. The molecule has 0 bridgehead atoms. The summed E-state index contributed by atoms with van der Waals surface area (Å²) >= 11 is 14.2. The van der Waals surface area contributed by atoms with E-state index in [1.165, 1.54) is 0 Å². The van der Waals surface area contributed by atoms with E-state index in [1.807, 2.05) is 30.3 Å². The van der Waals surface area contributed by atoms with Crippen LogP contribution in [0.2, 0.25) is 10.0 Å². The Balaban J connectivity index is 2.21. The third kappa shape index (κ3) is 2.88. The van der Waals surface area contributed by atoms with Gasteiger partial charge in [-0.2, -0.15) is 0 Å². The summed E-state index contributed by atoms with van der Waals surface area (Å²) in [6.45, 7) is 0. The molecular formula is C15H9Cl2IN2O. The van der Waals surface area contributed by atoms with Crippen LogP contribution >= 0.6 is 45.8 Å². The first-order valence-electron chi connectivity index (χ1n) is 6.03. The fourth-order valence-corrected chi connectivity index (χ4v) is 2.93. The molecule has 0 aliphatic carbocycles. The van der Waals surface area contributed by atoms with Crippen LogP contribution < -0.4 is 5.73 Å². The van der Waals surface area contributed by atoms with Gasteiger partial charge in [0, 0.05) is 19.2 Å². The summed E-state index contributed by atoms with van der Waals surface area (Å²) in [5, 5.41) is 5.17. The largest absolute Gasteiger partial charge is 0.380 e. The van der Waals surface area contributed by atoms with Crippen molar-refractivity contribution < 1.29 is 4.52 Å². The molecule has 0 aliphatic rings. The molecule has 0 radical (unpaired) electrons. The number of aromatic nitrogens is 1. The lowest BCUT2D eigenvalue weighted by Crippen LogP contribution is -1.89. The summed E-state index contributed by atoms with van der Waals surface area (Å²) in [5.74, 6) is 0.935. The van der Waals surface area contributed by atoms with Gasteiger partial charge in [0.15, 0.2) is 11.6 Å². The second kappa shape index (κ2) is 5.87. The lowest BCUT2D eigenvalue weighted by molar-refractivity contribution is 0.436. The summed E-state index contributed by atoms with van der Waals surface area (Å²) in [6, 6.07) is 12.9. The second-order valence-corrected chi connectivity index (χ2v) is 6.44. The molecule has 106 valence electrons. The highest BCUT2D eigenvalue weighted by Gasteiger charge is 2.19. The molecule has 21 heavy (non-hydrogen) atoms. The first kappa shape index (κ1) is 14.7. The molecule has 3 nitrogen and oxygen atoms in total. The van der Waals surface area contributed by atoms with Gasteiger partial charge in [-0.05, 0) is 58.5 Å². The highest BCUT2D eigenvalue weighted by Crippen LogP contribution is 2.39. The van der Waals surface area contributed by atoms with Crippen LogP contribution in [0.1, 0.15) is 0 Å². The van der Waals surface area contributed by atoms with Gasteiger partial charge in [-0.3, -0.25) is 0 Å². The molecule has 1 aromatic heterocycles. The molecule has 0 saturated carbocycles. The number of rotatable bonds is 2. The average Bonchev–Trinajstić information content (AvgIpc) is 2.84. The van der Waals surface area contributed by atoms with E-state index in [0.717, 1.165) is 20.3 Å². The summed E-state index contributed by atoms with van der Waals surface area (Å²) in [5.41, 5.74) is 8.46. The Morgan fingerprint density at radius 1 is 1.00 bits per heavy atom. The van der Waals surface area contributed by atoms with Crippen molar-refractivity contribution in [2.45, 2.75) is 0 Å². The maximum absolute atomic E-state index is 6.08. The summed E-state index contributed by atoms with van der Waals surface area (Å²) in [6.07, 6.45) is 0. The Bertz CT molecular complexity index is 800. The first-order valence-corrected chi connectivity index (χ1v) is 7.86. The van der Waals surface area contributed by atoms with Crippen LogP contribution in [0.15, 0.2) is 47.0 Å². The van der Waals surface area contributed by atoms with Gasteiger partial charge in [0.05, 0.1) is 5.56 Å². The van der Waals surface area contributed by atoms with Gasteiger partial charge >= 0.3 is 0 Å². The molecule has 0 aliphatic heterocycles. The lowest BCUT2D eigenvalue weighted by atomic mass is 10.0. The Labute approximate surface area is 145 Å². The van der Waals surface area contributed by atoms with Gasteiger partial charge in [-0.15, -0.1) is 0 Å². The zero-order chi connectivity index (χ0) is 15.0. The number of nitrogens with two attached hydrogens (primary N) is 1. The van der Waals surface area contributed by atoms with Crippen molar-refractivity contribution in [3.8, 4) is 22.5 Å². The molecule has 3 rings (SSSR count). The van der Waals surface area contributed by atoms with Crippen LogP contribution in [-0.2, 0) is 0 Å². The number of benzene rings is 2. The van der Waals surface area contributed by atoms with Crippen LogP contribution in [0.3, 0.4) is 0 Å². The van der Waals surface area contributed by atoms with Crippen molar-refractivity contribution in [1.29, 1.82) is 0 Å². The summed E-state index contributed by atoms with van der Waals surface area (Å²) in [4.78, 5) is 0. The smallest absolute Gasteiger partial charge is 0.178 e. The Kier molecular flexibility index (Phi) is 4.10. The Morgan fingerprint density at radius 3 is 2.38 bits per heavy atom. The van der Waals surface area contributed by atoms with Crippen molar-refractivity contribution >= 4 is 51.6 Å². The molecule has 0 atom stereocenters. The van der Waals surface area contributed by atoms with Crippen molar-refractivity contribution in [2.24, 2.45) is 0 Å². The zero-order valence-electron chi connectivity index (χ0n) is 10.6. The number of nitrogen functional groups attached to an aromatic ring is 1. The van der Waals surface area contributed by atoms with Crippen LogP contribution in [-0.4, -0.2) is 5.16 Å². The van der Waals surface area contributed by atoms with Gasteiger partial charge < -0.3 is 10.3 Å². The fraction of sp³-hybridized carbons (Fsp3) is 0. The monoisotopic (exact) mass is 430 g/mol. The molecule has 0 amide bonds. The van der Waals surface area contributed by atoms with Crippen LogP contribution in [0.25, 0.3) is 22.5 Å². The molecule has 3 aromatic rings. The minimum atomic E-state index is 0.336. The highest BCUT2D eigenvalue weighted by atomic mass is 127. The minimum absolute atomic E-state index is 0.336. The lowest BCUT2D eigenvalue weighted by Gasteiger charge is -2.05.